The number of thioether (sulfide) groups is 1. The van der Waals surface area contributed by atoms with Gasteiger partial charge in [0.1, 0.15) is 5.70 Å². The molecule has 5 rings (SSSR count). The van der Waals surface area contributed by atoms with Gasteiger partial charge in [-0.1, -0.05) is 47.7 Å². The molecule has 2 heterocycles. The topological polar surface area (TPSA) is 113 Å². The number of carbonyl (C=O) groups is 3. The predicted molar refractivity (Wildman–Crippen MR) is 165 cm³/mol. The fraction of sp³-hybridized carbons (Fsp3) is 0.0645. The number of rotatable bonds is 9. The molecule has 0 radical (unpaired) electrons. The van der Waals surface area contributed by atoms with Gasteiger partial charge in [-0.25, -0.2) is 4.98 Å². The van der Waals surface area contributed by atoms with Gasteiger partial charge in [0, 0.05) is 28.5 Å². The summed E-state index contributed by atoms with van der Waals surface area (Å²) in [7, 11) is 0. The number of carbonyl (C=O) groups excluding carboxylic acids is 3. The van der Waals surface area contributed by atoms with Gasteiger partial charge in [-0.2, -0.15) is 0 Å². The van der Waals surface area contributed by atoms with Gasteiger partial charge < -0.3 is 16.0 Å². The predicted octanol–water partition coefficient (Wildman–Crippen LogP) is 6.14. The molecule has 3 amide bonds. The Bertz CT molecular complexity index is 1740. The molecule has 3 N–H and O–H groups in total. The van der Waals surface area contributed by atoms with Crippen molar-refractivity contribution in [3.05, 3.63) is 120 Å². The first-order chi connectivity index (χ1) is 19.9. The third-order valence-corrected chi connectivity index (χ3v) is 7.70. The van der Waals surface area contributed by atoms with Gasteiger partial charge in [0.15, 0.2) is 5.13 Å². The van der Waals surface area contributed by atoms with E-state index in [1.165, 1.54) is 23.1 Å². The Morgan fingerprint density at radius 3 is 2.59 bits per heavy atom. The smallest absolute Gasteiger partial charge is 0.272 e. The summed E-state index contributed by atoms with van der Waals surface area (Å²) in [5.74, 6) is -0.907. The molecule has 0 fully saturated rings. The number of hydrogen-bond acceptors (Lipinski definition) is 7. The maximum absolute atomic E-state index is 13.3. The molecule has 0 aliphatic rings. The SMILES string of the molecule is Cc1ccc2nc(NC(=O)CSc3cccc(NC(=O)/C(=C/c4cccnc4)NC(=O)c4ccccc4)c3)sc2c1. The maximum atomic E-state index is 13.3. The number of benzene rings is 3. The van der Waals surface area contributed by atoms with Gasteiger partial charge in [-0.3, -0.25) is 19.4 Å². The Hall–Kier alpha value is -4.80. The van der Waals surface area contributed by atoms with Crippen molar-refractivity contribution in [3.63, 3.8) is 0 Å². The van der Waals surface area contributed by atoms with Crippen molar-refractivity contribution in [2.75, 3.05) is 16.4 Å². The molecule has 3 aromatic carbocycles. The molecular weight excluding hydrogens is 555 g/mol. The quantitative estimate of drug-likeness (QED) is 0.143. The number of nitrogens with one attached hydrogen (secondary N) is 3. The van der Waals surface area contributed by atoms with E-state index in [-0.39, 0.29) is 17.4 Å². The van der Waals surface area contributed by atoms with E-state index in [4.69, 9.17) is 0 Å². The Balaban J connectivity index is 1.23. The van der Waals surface area contributed by atoms with Gasteiger partial charge in [-0.05, 0) is 72.7 Å². The van der Waals surface area contributed by atoms with E-state index in [1.54, 1.807) is 73.1 Å². The van der Waals surface area contributed by atoms with Crippen LogP contribution in [0.1, 0.15) is 21.5 Å². The second-order valence-electron chi connectivity index (χ2n) is 8.97. The molecule has 0 bridgehead atoms. The number of thiazole rings is 1. The monoisotopic (exact) mass is 579 g/mol. The van der Waals surface area contributed by atoms with E-state index < -0.39 is 11.8 Å². The minimum atomic E-state index is -0.496. The average molecular weight is 580 g/mol. The molecule has 0 unspecified atom stereocenters. The van der Waals surface area contributed by atoms with Crippen LogP contribution in [0.4, 0.5) is 10.8 Å². The van der Waals surface area contributed by atoms with Crippen LogP contribution in [-0.2, 0) is 9.59 Å². The molecule has 0 aliphatic carbocycles. The number of pyridine rings is 1. The summed E-state index contributed by atoms with van der Waals surface area (Å²) in [5, 5.41) is 8.97. The van der Waals surface area contributed by atoms with Crippen molar-refractivity contribution >= 4 is 67.9 Å². The van der Waals surface area contributed by atoms with Crippen molar-refractivity contribution in [2.24, 2.45) is 0 Å². The summed E-state index contributed by atoms with van der Waals surface area (Å²) in [6.07, 6.45) is 4.79. The van der Waals surface area contributed by atoms with E-state index in [2.05, 4.69) is 25.9 Å². The number of amides is 3. The normalized spacial score (nSPS) is 11.2. The van der Waals surface area contributed by atoms with Crippen LogP contribution in [0, 0.1) is 6.92 Å². The summed E-state index contributed by atoms with van der Waals surface area (Å²) in [4.78, 5) is 48.0. The van der Waals surface area contributed by atoms with Crippen LogP contribution in [0.25, 0.3) is 16.3 Å². The van der Waals surface area contributed by atoms with Crippen LogP contribution in [0.2, 0.25) is 0 Å². The van der Waals surface area contributed by atoms with E-state index in [1.807, 2.05) is 37.3 Å². The van der Waals surface area contributed by atoms with Crippen LogP contribution in [0.5, 0.6) is 0 Å². The number of anilines is 2. The summed E-state index contributed by atoms with van der Waals surface area (Å²) in [6, 6.07) is 25.3. The van der Waals surface area contributed by atoms with E-state index in [0.717, 1.165) is 20.7 Å². The zero-order valence-electron chi connectivity index (χ0n) is 22.0. The molecule has 10 heteroatoms. The second kappa shape index (κ2) is 13.0. The molecule has 0 spiro atoms. The highest BCUT2D eigenvalue weighted by molar-refractivity contribution is 8.00. The largest absolute Gasteiger partial charge is 0.321 e. The second-order valence-corrected chi connectivity index (χ2v) is 11.1. The lowest BCUT2D eigenvalue weighted by molar-refractivity contribution is -0.114. The van der Waals surface area contributed by atoms with E-state index >= 15 is 0 Å². The molecular formula is C31H25N5O3S2. The molecule has 8 nitrogen and oxygen atoms in total. The number of hydrogen-bond donors (Lipinski definition) is 3. The summed E-state index contributed by atoms with van der Waals surface area (Å²) < 4.78 is 1.02. The van der Waals surface area contributed by atoms with Crippen LogP contribution < -0.4 is 16.0 Å². The third-order valence-electron chi connectivity index (χ3n) is 5.78. The van der Waals surface area contributed by atoms with E-state index in [0.29, 0.717) is 21.9 Å². The lowest BCUT2D eigenvalue weighted by Crippen LogP contribution is -2.30. The zero-order valence-corrected chi connectivity index (χ0v) is 23.6. The molecule has 0 atom stereocenters. The third kappa shape index (κ3) is 7.65. The molecule has 5 aromatic rings. The van der Waals surface area contributed by atoms with Gasteiger partial charge in [-0.15, -0.1) is 11.8 Å². The molecule has 204 valence electrons. The van der Waals surface area contributed by atoms with Crippen molar-refractivity contribution in [2.45, 2.75) is 11.8 Å². The van der Waals surface area contributed by atoms with Crippen LogP contribution in [0.3, 0.4) is 0 Å². The highest BCUT2D eigenvalue weighted by atomic mass is 32.2. The summed E-state index contributed by atoms with van der Waals surface area (Å²) in [6.45, 7) is 2.02. The Morgan fingerprint density at radius 2 is 1.78 bits per heavy atom. The lowest BCUT2D eigenvalue weighted by Gasteiger charge is -2.12. The van der Waals surface area contributed by atoms with Crippen LogP contribution in [-0.4, -0.2) is 33.4 Å². The molecule has 41 heavy (non-hydrogen) atoms. The molecule has 0 saturated heterocycles. The minimum Gasteiger partial charge on any atom is -0.321 e. The van der Waals surface area contributed by atoms with Crippen molar-refractivity contribution in [3.8, 4) is 0 Å². The Morgan fingerprint density at radius 1 is 0.927 bits per heavy atom. The van der Waals surface area contributed by atoms with Crippen molar-refractivity contribution in [1.29, 1.82) is 0 Å². The first-order valence-electron chi connectivity index (χ1n) is 12.6. The Kier molecular flexibility index (Phi) is 8.82. The lowest BCUT2D eigenvalue weighted by atomic mass is 10.2. The van der Waals surface area contributed by atoms with Crippen molar-refractivity contribution < 1.29 is 14.4 Å². The van der Waals surface area contributed by atoms with E-state index in [9.17, 15) is 14.4 Å². The summed E-state index contributed by atoms with van der Waals surface area (Å²) >= 11 is 2.78. The zero-order chi connectivity index (χ0) is 28.6. The van der Waals surface area contributed by atoms with Gasteiger partial charge in [0.05, 0.1) is 16.0 Å². The van der Waals surface area contributed by atoms with Gasteiger partial charge >= 0.3 is 0 Å². The number of aryl methyl sites for hydroxylation is 1. The average Bonchev–Trinajstić information content (AvgIpc) is 3.38. The highest BCUT2D eigenvalue weighted by Gasteiger charge is 2.16. The van der Waals surface area contributed by atoms with Crippen LogP contribution in [0.15, 0.2) is 108 Å². The van der Waals surface area contributed by atoms with Crippen molar-refractivity contribution in [1.82, 2.24) is 15.3 Å². The fourth-order valence-electron chi connectivity index (χ4n) is 3.82. The first kappa shape index (κ1) is 27.8. The first-order valence-corrected chi connectivity index (χ1v) is 14.4. The van der Waals surface area contributed by atoms with Gasteiger partial charge in [0.2, 0.25) is 5.91 Å². The molecule has 0 saturated carbocycles. The minimum absolute atomic E-state index is 0.0651. The fourth-order valence-corrected chi connectivity index (χ4v) is 5.56. The number of fused-ring (bicyclic) bond motifs is 1. The highest BCUT2D eigenvalue weighted by Crippen LogP contribution is 2.27. The number of aromatic nitrogens is 2. The van der Waals surface area contributed by atoms with Gasteiger partial charge in [0.25, 0.3) is 11.8 Å². The summed E-state index contributed by atoms with van der Waals surface area (Å²) in [5.41, 5.74) is 3.66. The molecule has 0 aliphatic heterocycles. The standard InChI is InChI=1S/C31H25N5O3S2/c1-20-12-13-25-27(15-20)41-31(35-25)36-28(37)19-40-24-11-5-10-23(17-24)33-30(39)26(16-21-7-6-14-32-18-21)34-29(38)22-8-3-2-4-9-22/h2-18H,19H2,1H3,(H,33,39)(H,34,38)(H,35,36,37)/b26-16-. The maximum Gasteiger partial charge on any atom is 0.272 e. The van der Waals surface area contributed by atoms with Crippen LogP contribution >= 0.6 is 23.1 Å². The Labute approximate surface area is 244 Å². The number of nitrogens with zero attached hydrogens (tertiary/aromatic N) is 2. The molecule has 2 aromatic heterocycles.